The van der Waals surface area contributed by atoms with Crippen LogP contribution in [0.3, 0.4) is 0 Å². The molecule has 3 nitrogen and oxygen atoms in total. The van der Waals surface area contributed by atoms with Crippen LogP contribution < -0.4 is 0 Å². The topological polar surface area (TPSA) is 38.7 Å². The predicted octanol–water partition coefficient (Wildman–Crippen LogP) is 5.92. The van der Waals surface area contributed by atoms with E-state index in [1.54, 1.807) is 24.3 Å². The first kappa shape index (κ1) is 18.4. The van der Waals surface area contributed by atoms with Gasteiger partial charge in [0.15, 0.2) is 5.82 Å². The summed E-state index contributed by atoms with van der Waals surface area (Å²) in [7, 11) is 0. The molecule has 0 amide bonds. The molecule has 2 aromatic heterocycles. The largest absolute Gasteiger partial charge is 0.433 e. The molecule has 26 heavy (non-hydrogen) atoms. The van der Waals surface area contributed by atoms with E-state index in [4.69, 9.17) is 0 Å². The van der Waals surface area contributed by atoms with Gasteiger partial charge in [-0.05, 0) is 30.3 Å². The highest BCUT2D eigenvalue weighted by atomic mass is 79.9. The van der Waals surface area contributed by atoms with Crippen LogP contribution in [0.15, 0.2) is 53.1 Å². The van der Waals surface area contributed by atoms with E-state index < -0.39 is 24.0 Å². The second-order valence-corrected chi connectivity index (χ2v) is 6.16. The lowest BCUT2D eigenvalue weighted by atomic mass is 10.1. The molecule has 0 atom stereocenters. The number of pyridine rings is 1. The van der Waals surface area contributed by atoms with E-state index in [1.165, 1.54) is 0 Å². The van der Waals surface area contributed by atoms with Gasteiger partial charge in [-0.1, -0.05) is 28.1 Å². The van der Waals surface area contributed by atoms with Crippen LogP contribution in [-0.2, 0) is 6.18 Å². The number of alkyl halides is 5. The zero-order chi connectivity index (χ0) is 18.9. The zero-order valence-electron chi connectivity index (χ0n) is 12.8. The number of nitrogens with zero attached hydrogens (tertiary/aromatic N) is 3. The molecule has 3 rings (SSSR count). The van der Waals surface area contributed by atoms with Crippen molar-refractivity contribution in [2.75, 3.05) is 0 Å². The van der Waals surface area contributed by atoms with E-state index in [0.29, 0.717) is 10.0 Å². The fourth-order valence-corrected chi connectivity index (χ4v) is 2.59. The van der Waals surface area contributed by atoms with Gasteiger partial charge in [0.1, 0.15) is 11.4 Å². The molecule has 3 aromatic rings. The summed E-state index contributed by atoms with van der Waals surface area (Å²) in [6.07, 6.45) is -6.49. The molecular weight excluding hydrogens is 421 g/mol. The van der Waals surface area contributed by atoms with Crippen molar-refractivity contribution in [3.05, 3.63) is 64.5 Å². The molecule has 1 aromatic carbocycles. The second kappa shape index (κ2) is 7.06. The van der Waals surface area contributed by atoms with Crippen LogP contribution in [0.2, 0.25) is 0 Å². The molecule has 0 aliphatic carbocycles. The maximum atomic E-state index is 13.2. The Morgan fingerprint density at radius 3 is 2.27 bits per heavy atom. The molecule has 0 spiro atoms. The second-order valence-electron chi connectivity index (χ2n) is 5.24. The SMILES string of the molecule is FC(F)c1cc(-c2ccc(C(F)(F)F)nc2)nc(-c2cccc(Br)c2)n1. The summed E-state index contributed by atoms with van der Waals surface area (Å²) in [5, 5.41) is 0. The van der Waals surface area contributed by atoms with Crippen molar-refractivity contribution in [1.29, 1.82) is 0 Å². The van der Waals surface area contributed by atoms with Gasteiger partial charge in [0.05, 0.1) is 5.69 Å². The minimum Gasteiger partial charge on any atom is -0.251 e. The molecule has 0 aliphatic heterocycles. The Morgan fingerprint density at radius 2 is 1.69 bits per heavy atom. The Labute approximate surface area is 153 Å². The summed E-state index contributed by atoms with van der Waals surface area (Å²) in [6.45, 7) is 0. The van der Waals surface area contributed by atoms with E-state index in [9.17, 15) is 22.0 Å². The molecule has 0 fully saturated rings. The van der Waals surface area contributed by atoms with Gasteiger partial charge >= 0.3 is 6.18 Å². The Bertz CT molecular complexity index is 926. The molecule has 0 saturated carbocycles. The normalized spacial score (nSPS) is 11.8. The zero-order valence-corrected chi connectivity index (χ0v) is 14.4. The lowest BCUT2D eigenvalue weighted by Crippen LogP contribution is -2.07. The van der Waals surface area contributed by atoms with Gasteiger partial charge in [0.2, 0.25) is 0 Å². The van der Waals surface area contributed by atoms with Crippen molar-refractivity contribution in [2.24, 2.45) is 0 Å². The quantitative estimate of drug-likeness (QED) is 0.484. The van der Waals surface area contributed by atoms with Crippen LogP contribution in [0.4, 0.5) is 22.0 Å². The van der Waals surface area contributed by atoms with Gasteiger partial charge in [-0.15, -0.1) is 0 Å². The third-order valence-corrected chi connectivity index (χ3v) is 3.90. The third-order valence-electron chi connectivity index (χ3n) is 3.40. The molecule has 0 bridgehead atoms. The van der Waals surface area contributed by atoms with Crippen LogP contribution in [-0.4, -0.2) is 15.0 Å². The number of aromatic nitrogens is 3. The molecule has 0 N–H and O–H groups in total. The maximum Gasteiger partial charge on any atom is 0.433 e. The molecule has 0 saturated heterocycles. The van der Waals surface area contributed by atoms with Crippen LogP contribution >= 0.6 is 15.9 Å². The van der Waals surface area contributed by atoms with Crippen molar-refractivity contribution in [3.63, 3.8) is 0 Å². The Balaban J connectivity index is 2.09. The Morgan fingerprint density at radius 1 is 0.923 bits per heavy atom. The number of halogens is 6. The van der Waals surface area contributed by atoms with Gasteiger partial charge in [-0.25, -0.2) is 18.7 Å². The van der Waals surface area contributed by atoms with E-state index in [-0.39, 0.29) is 17.1 Å². The standard InChI is InChI=1S/C17H9BrF5N3/c18-11-3-1-2-9(6-11)16-25-12(7-13(26-16)15(19)20)10-4-5-14(24-8-10)17(21,22)23/h1-8,15H. The maximum absolute atomic E-state index is 13.2. The summed E-state index contributed by atoms with van der Waals surface area (Å²) >= 11 is 3.28. The molecule has 9 heteroatoms. The number of hydrogen-bond donors (Lipinski definition) is 0. The lowest BCUT2D eigenvalue weighted by Gasteiger charge is -2.10. The Hall–Kier alpha value is -2.42. The summed E-state index contributed by atoms with van der Waals surface area (Å²) in [5.74, 6) is 0.0407. The smallest absolute Gasteiger partial charge is 0.251 e. The molecule has 2 heterocycles. The van der Waals surface area contributed by atoms with Crippen LogP contribution in [0.5, 0.6) is 0 Å². The highest BCUT2D eigenvalue weighted by Crippen LogP contribution is 2.30. The fraction of sp³-hybridized carbons (Fsp3) is 0.118. The number of rotatable bonds is 3. The summed E-state index contributed by atoms with van der Waals surface area (Å²) in [4.78, 5) is 11.4. The average molecular weight is 430 g/mol. The van der Waals surface area contributed by atoms with Gasteiger partial charge in [-0.3, -0.25) is 4.98 Å². The minimum absolute atomic E-state index is 0.0407. The monoisotopic (exact) mass is 429 g/mol. The molecule has 0 aliphatic rings. The highest BCUT2D eigenvalue weighted by molar-refractivity contribution is 9.10. The van der Waals surface area contributed by atoms with Crippen LogP contribution in [0.1, 0.15) is 17.8 Å². The predicted molar refractivity (Wildman–Crippen MR) is 88.4 cm³/mol. The summed E-state index contributed by atoms with van der Waals surface area (Å²) < 4.78 is 65.0. The van der Waals surface area contributed by atoms with E-state index in [0.717, 1.165) is 24.4 Å². The molecular formula is C17H9BrF5N3. The minimum atomic E-state index is -4.58. The van der Waals surface area contributed by atoms with Gasteiger partial charge in [0, 0.05) is 21.8 Å². The van der Waals surface area contributed by atoms with Gasteiger partial charge in [-0.2, -0.15) is 13.2 Å². The highest BCUT2D eigenvalue weighted by Gasteiger charge is 2.32. The molecule has 0 radical (unpaired) electrons. The fourth-order valence-electron chi connectivity index (χ4n) is 2.20. The van der Waals surface area contributed by atoms with Crippen molar-refractivity contribution in [3.8, 4) is 22.6 Å². The first-order valence-electron chi connectivity index (χ1n) is 7.21. The van der Waals surface area contributed by atoms with E-state index in [1.807, 2.05) is 0 Å². The van der Waals surface area contributed by atoms with E-state index >= 15 is 0 Å². The van der Waals surface area contributed by atoms with Crippen molar-refractivity contribution >= 4 is 15.9 Å². The van der Waals surface area contributed by atoms with Crippen molar-refractivity contribution in [2.45, 2.75) is 12.6 Å². The molecule has 0 unspecified atom stereocenters. The van der Waals surface area contributed by atoms with Crippen LogP contribution in [0.25, 0.3) is 22.6 Å². The average Bonchev–Trinajstić information content (AvgIpc) is 2.60. The van der Waals surface area contributed by atoms with E-state index in [2.05, 4.69) is 30.9 Å². The van der Waals surface area contributed by atoms with Crippen molar-refractivity contribution in [1.82, 2.24) is 15.0 Å². The van der Waals surface area contributed by atoms with Crippen molar-refractivity contribution < 1.29 is 22.0 Å². The third kappa shape index (κ3) is 4.04. The summed E-state index contributed by atoms with van der Waals surface area (Å²) in [6, 6.07) is 9.69. The van der Waals surface area contributed by atoms with Gasteiger partial charge < -0.3 is 0 Å². The number of benzene rings is 1. The molecule has 134 valence electrons. The lowest BCUT2D eigenvalue weighted by molar-refractivity contribution is -0.141. The first-order valence-corrected chi connectivity index (χ1v) is 8.00. The summed E-state index contributed by atoms with van der Waals surface area (Å²) in [5.41, 5.74) is -0.866. The van der Waals surface area contributed by atoms with Crippen LogP contribution in [0, 0.1) is 0 Å². The Kier molecular flexibility index (Phi) is 4.99. The number of hydrogen-bond acceptors (Lipinski definition) is 3. The first-order chi connectivity index (χ1) is 12.2. The van der Waals surface area contributed by atoms with Gasteiger partial charge in [0.25, 0.3) is 6.43 Å².